The van der Waals surface area contributed by atoms with E-state index < -0.39 is 0 Å². The van der Waals surface area contributed by atoms with Crippen LogP contribution in [0.15, 0.2) is 29.3 Å². The number of nitrogens with zero attached hydrogens (tertiary/aromatic N) is 2. The fraction of sp³-hybridized carbons (Fsp3) is 0.667. The molecule has 23 heavy (non-hydrogen) atoms. The van der Waals surface area contributed by atoms with E-state index in [1.807, 2.05) is 0 Å². The van der Waals surface area contributed by atoms with Gasteiger partial charge >= 0.3 is 0 Å². The molecule has 4 bridgehead atoms. The van der Waals surface area contributed by atoms with Gasteiger partial charge in [0.2, 0.25) is 0 Å². The molecule has 0 aromatic heterocycles. The molecular weight excluding hydrogens is 280 g/mol. The van der Waals surface area contributed by atoms with Gasteiger partial charge in [-0.1, -0.05) is 12.1 Å². The van der Waals surface area contributed by atoms with Gasteiger partial charge in [-0.3, -0.25) is 4.99 Å². The molecule has 124 valence electrons. The second-order valence-corrected chi connectivity index (χ2v) is 8.72. The third-order valence-electron chi connectivity index (χ3n) is 6.83. The Bertz CT molecular complexity index is 549. The highest BCUT2D eigenvalue weighted by atomic mass is 15.1. The van der Waals surface area contributed by atoms with Crippen LogP contribution in [0.4, 0.5) is 5.69 Å². The molecule has 1 aromatic carbocycles. The van der Waals surface area contributed by atoms with Crippen molar-refractivity contribution in [2.24, 2.45) is 28.2 Å². The summed E-state index contributed by atoms with van der Waals surface area (Å²) < 4.78 is 0. The molecule has 0 N–H and O–H groups in total. The van der Waals surface area contributed by atoms with E-state index in [4.69, 9.17) is 4.99 Å². The predicted octanol–water partition coefficient (Wildman–Crippen LogP) is 4.78. The number of hydrogen-bond acceptors (Lipinski definition) is 2. The Morgan fingerprint density at radius 1 is 1.00 bits per heavy atom. The van der Waals surface area contributed by atoms with Crippen molar-refractivity contribution in [2.75, 3.05) is 19.0 Å². The first kappa shape index (κ1) is 15.2. The van der Waals surface area contributed by atoms with Crippen molar-refractivity contribution in [3.63, 3.8) is 0 Å². The molecule has 1 atom stereocenters. The van der Waals surface area contributed by atoms with E-state index in [-0.39, 0.29) is 0 Å². The molecule has 0 aliphatic heterocycles. The van der Waals surface area contributed by atoms with Crippen LogP contribution in [0, 0.1) is 23.2 Å². The Morgan fingerprint density at radius 2 is 1.52 bits per heavy atom. The zero-order chi connectivity index (χ0) is 16.0. The highest BCUT2D eigenvalue weighted by molar-refractivity contribution is 5.80. The average Bonchev–Trinajstić information content (AvgIpc) is 2.51. The van der Waals surface area contributed by atoms with E-state index in [1.54, 1.807) is 0 Å². The Hall–Kier alpha value is -1.31. The molecule has 0 radical (unpaired) electrons. The first-order valence-corrected chi connectivity index (χ1v) is 9.35. The average molecular weight is 310 g/mol. The number of benzene rings is 1. The Kier molecular flexibility index (Phi) is 3.74. The monoisotopic (exact) mass is 310 g/mol. The molecule has 0 amide bonds. The summed E-state index contributed by atoms with van der Waals surface area (Å²) in [6, 6.07) is 9.20. The molecule has 4 aliphatic carbocycles. The minimum Gasteiger partial charge on any atom is -0.378 e. The molecule has 5 rings (SSSR count). The fourth-order valence-electron chi connectivity index (χ4n) is 5.90. The molecule has 1 unspecified atom stereocenters. The van der Waals surface area contributed by atoms with Crippen LogP contribution in [0.1, 0.15) is 51.0 Å². The lowest BCUT2D eigenvalue weighted by Gasteiger charge is -2.58. The van der Waals surface area contributed by atoms with E-state index >= 15 is 0 Å². The van der Waals surface area contributed by atoms with Gasteiger partial charge in [0.1, 0.15) is 0 Å². The second kappa shape index (κ2) is 5.65. The summed E-state index contributed by atoms with van der Waals surface area (Å²) in [5.41, 5.74) is 3.00. The quantitative estimate of drug-likeness (QED) is 0.731. The van der Waals surface area contributed by atoms with Crippen molar-refractivity contribution in [1.82, 2.24) is 0 Å². The third-order valence-corrected chi connectivity index (χ3v) is 6.83. The van der Waals surface area contributed by atoms with Gasteiger partial charge in [-0.05, 0) is 86.3 Å². The summed E-state index contributed by atoms with van der Waals surface area (Å²) >= 11 is 0. The van der Waals surface area contributed by atoms with E-state index in [0.717, 1.165) is 17.8 Å². The molecule has 0 heterocycles. The van der Waals surface area contributed by atoms with E-state index in [0.29, 0.717) is 11.5 Å². The zero-order valence-corrected chi connectivity index (χ0v) is 14.8. The van der Waals surface area contributed by atoms with Gasteiger partial charge in [0.25, 0.3) is 0 Å². The molecule has 4 aliphatic rings. The highest BCUT2D eigenvalue weighted by Crippen LogP contribution is 2.61. The Balaban J connectivity index is 1.48. The van der Waals surface area contributed by atoms with Gasteiger partial charge in [0, 0.05) is 26.0 Å². The lowest BCUT2D eigenvalue weighted by molar-refractivity contribution is -0.0632. The lowest BCUT2D eigenvalue weighted by atomic mass is 9.48. The minimum absolute atomic E-state index is 0.476. The largest absolute Gasteiger partial charge is 0.378 e. The van der Waals surface area contributed by atoms with Gasteiger partial charge in [-0.2, -0.15) is 0 Å². The summed E-state index contributed by atoms with van der Waals surface area (Å²) in [5, 5.41) is 0. The topological polar surface area (TPSA) is 15.6 Å². The van der Waals surface area contributed by atoms with Crippen molar-refractivity contribution >= 4 is 11.9 Å². The van der Waals surface area contributed by atoms with Gasteiger partial charge in [-0.15, -0.1) is 0 Å². The van der Waals surface area contributed by atoms with Crippen LogP contribution in [0.2, 0.25) is 0 Å². The van der Waals surface area contributed by atoms with Gasteiger partial charge in [-0.25, -0.2) is 0 Å². The SMILES string of the molecule is CC(N=Cc1ccc(N(C)C)cc1)C12CC3CC(CC(C3)C1)C2. The normalized spacial score (nSPS) is 36.6. The first-order chi connectivity index (χ1) is 11.0. The van der Waals surface area contributed by atoms with E-state index in [2.05, 4.69) is 56.4 Å². The number of aliphatic imine (C=N–C) groups is 1. The second-order valence-electron chi connectivity index (χ2n) is 8.72. The summed E-state index contributed by atoms with van der Waals surface area (Å²) in [6.45, 7) is 2.37. The van der Waals surface area contributed by atoms with Crippen LogP contribution >= 0.6 is 0 Å². The highest BCUT2D eigenvalue weighted by Gasteiger charge is 2.53. The van der Waals surface area contributed by atoms with Crippen molar-refractivity contribution in [3.05, 3.63) is 29.8 Å². The van der Waals surface area contributed by atoms with Crippen molar-refractivity contribution in [2.45, 2.75) is 51.5 Å². The number of rotatable bonds is 4. The molecule has 4 saturated carbocycles. The Morgan fingerprint density at radius 3 is 2.00 bits per heavy atom. The summed E-state index contributed by atoms with van der Waals surface area (Å²) in [5.74, 6) is 3.04. The van der Waals surface area contributed by atoms with E-state index in [9.17, 15) is 0 Å². The molecule has 2 heteroatoms. The predicted molar refractivity (Wildman–Crippen MR) is 98.4 cm³/mol. The van der Waals surface area contributed by atoms with Gasteiger partial charge in [0.15, 0.2) is 0 Å². The van der Waals surface area contributed by atoms with Gasteiger partial charge in [0.05, 0.1) is 6.04 Å². The lowest BCUT2D eigenvalue weighted by Crippen LogP contribution is -2.50. The molecule has 0 spiro atoms. The number of anilines is 1. The standard InChI is InChI=1S/C21H30N2/c1-15(22-14-16-4-6-20(7-5-16)23(2)3)21-11-17-8-18(12-21)10-19(9-17)13-21/h4-7,14-15,17-19H,8-13H2,1-3H3. The van der Waals surface area contributed by atoms with Crippen LogP contribution in [-0.2, 0) is 0 Å². The maximum atomic E-state index is 5.02. The molecule has 0 saturated heterocycles. The van der Waals surface area contributed by atoms with Crippen LogP contribution in [-0.4, -0.2) is 26.4 Å². The molecule has 1 aromatic rings. The zero-order valence-electron chi connectivity index (χ0n) is 14.8. The van der Waals surface area contributed by atoms with Crippen LogP contribution in [0.3, 0.4) is 0 Å². The summed E-state index contributed by atoms with van der Waals surface area (Å²) in [7, 11) is 4.16. The third kappa shape index (κ3) is 2.81. The molecular formula is C21H30N2. The van der Waals surface area contributed by atoms with Crippen LogP contribution in [0.25, 0.3) is 0 Å². The smallest absolute Gasteiger partial charge is 0.0528 e. The maximum absolute atomic E-state index is 5.02. The summed E-state index contributed by atoms with van der Waals surface area (Å²) in [6.07, 6.45) is 11.0. The molecule has 4 fully saturated rings. The number of hydrogen-bond donors (Lipinski definition) is 0. The van der Waals surface area contributed by atoms with Crippen molar-refractivity contribution in [1.29, 1.82) is 0 Å². The van der Waals surface area contributed by atoms with Crippen molar-refractivity contribution in [3.8, 4) is 0 Å². The van der Waals surface area contributed by atoms with Crippen molar-refractivity contribution < 1.29 is 0 Å². The maximum Gasteiger partial charge on any atom is 0.0528 e. The van der Waals surface area contributed by atoms with Crippen LogP contribution < -0.4 is 4.90 Å². The van der Waals surface area contributed by atoms with Gasteiger partial charge < -0.3 is 4.90 Å². The van der Waals surface area contributed by atoms with E-state index in [1.165, 1.54) is 49.8 Å². The first-order valence-electron chi connectivity index (χ1n) is 9.35. The molecule has 2 nitrogen and oxygen atoms in total. The minimum atomic E-state index is 0.476. The summed E-state index contributed by atoms with van der Waals surface area (Å²) in [4.78, 5) is 7.16. The Labute approximate surface area is 141 Å². The van der Waals surface area contributed by atoms with Crippen LogP contribution in [0.5, 0.6) is 0 Å². The fourth-order valence-corrected chi connectivity index (χ4v) is 5.90.